The summed E-state index contributed by atoms with van der Waals surface area (Å²) in [5, 5.41) is 3.06. The van der Waals surface area contributed by atoms with Crippen molar-refractivity contribution < 1.29 is 9.18 Å². The van der Waals surface area contributed by atoms with Gasteiger partial charge in [0.1, 0.15) is 5.82 Å². The molecule has 0 aliphatic carbocycles. The Morgan fingerprint density at radius 2 is 1.85 bits per heavy atom. The number of piperazine rings is 1. The van der Waals surface area contributed by atoms with E-state index in [-0.39, 0.29) is 23.7 Å². The van der Waals surface area contributed by atoms with Crippen LogP contribution in [0.15, 0.2) is 48.8 Å². The number of hydrogen-bond acceptors (Lipinski definition) is 4. The number of hydrogen-bond donors (Lipinski definition) is 1. The zero-order valence-corrected chi connectivity index (χ0v) is 15.9. The number of nitrogens with zero attached hydrogens (tertiary/aromatic N) is 3. The third-order valence-corrected chi connectivity index (χ3v) is 5.01. The molecule has 1 unspecified atom stereocenters. The summed E-state index contributed by atoms with van der Waals surface area (Å²) in [5.41, 5.74) is 2.15. The van der Waals surface area contributed by atoms with Crippen LogP contribution in [-0.2, 0) is 4.79 Å². The van der Waals surface area contributed by atoms with Crippen LogP contribution >= 0.6 is 0 Å². The summed E-state index contributed by atoms with van der Waals surface area (Å²) in [5.74, 6) is -0.182. The van der Waals surface area contributed by atoms with Gasteiger partial charge in [-0.1, -0.05) is 19.9 Å². The molecule has 0 spiro atoms. The van der Waals surface area contributed by atoms with Crippen molar-refractivity contribution in [3.05, 3.63) is 60.2 Å². The van der Waals surface area contributed by atoms with E-state index in [0.29, 0.717) is 6.54 Å². The van der Waals surface area contributed by atoms with Gasteiger partial charge < -0.3 is 10.2 Å². The maximum atomic E-state index is 13.1. The van der Waals surface area contributed by atoms with Crippen molar-refractivity contribution in [3.63, 3.8) is 0 Å². The highest BCUT2D eigenvalue weighted by Gasteiger charge is 2.26. The molecule has 144 valence electrons. The van der Waals surface area contributed by atoms with E-state index in [2.05, 4.69) is 26.2 Å². The second-order valence-electron chi connectivity index (χ2n) is 7.20. The molecule has 1 fully saturated rings. The molecule has 3 rings (SSSR count). The molecule has 1 aromatic heterocycles. The maximum Gasteiger partial charge on any atom is 0.222 e. The van der Waals surface area contributed by atoms with Crippen molar-refractivity contribution in [1.82, 2.24) is 15.2 Å². The normalized spacial score (nSPS) is 16.4. The topological polar surface area (TPSA) is 48.5 Å². The van der Waals surface area contributed by atoms with Gasteiger partial charge in [0.05, 0.1) is 6.04 Å². The number of carbonyl (C=O) groups excluding carboxylic acids is 1. The van der Waals surface area contributed by atoms with Gasteiger partial charge in [-0.25, -0.2) is 4.39 Å². The van der Waals surface area contributed by atoms with E-state index in [1.165, 1.54) is 12.1 Å². The monoisotopic (exact) mass is 370 g/mol. The van der Waals surface area contributed by atoms with Gasteiger partial charge in [-0.15, -0.1) is 0 Å². The number of aromatic nitrogens is 1. The van der Waals surface area contributed by atoms with Crippen LogP contribution in [0.2, 0.25) is 0 Å². The molecular weight excluding hydrogens is 343 g/mol. The third-order valence-electron chi connectivity index (χ3n) is 5.01. The fourth-order valence-corrected chi connectivity index (χ4v) is 3.38. The highest BCUT2D eigenvalue weighted by molar-refractivity contribution is 5.77. The number of pyridine rings is 1. The molecule has 27 heavy (non-hydrogen) atoms. The molecule has 6 heteroatoms. The molecule has 1 amide bonds. The van der Waals surface area contributed by atoms with Gasteiger partial charge in [0.2, 0.25) is 5.91 Å². The highest BCUT2D eigenvalue weighted by atomic mass is 19.1. The Labute approximate surface area is 160 Å². The van der Waals surface area contributed by atoms with Gasteiger partial charge in [0.15, 0.2) is 0 Å². The fraction of sp³-hybridized carbons (Fsp3) is 0.429. The first-order chi connectivity index (χ1) is 13.0. The Hall–Kier alpha value is -2.47. The lowest BCUT2D eigenvalue weighted by Crippen LogP contribution is -2.50. The lowest BCUT2D eigenvalue weighted by atomic mass is 10.1. The van der Waals surface area contributed by atoms with Crippen molar-refractivity contribution >= 4 is 11.6 Å². The Morgan fingerprint density at radius 3 is 2.44 bits per heavy atom. The molecule has 1 aromatic carbocycles. The van der Waals surface area contributed by atoms with E-state index in [1.54, 1.807) is 6.20 Å². The highest BCUT2D eigenvalue weighted by Crippen LogP contribution is 2.23. The molecule has 5 nitrogen and oxygen atoms in total. The van der Waals surface area contributed by atoms with Crippen LogP contribution in [0.4, 0.5) is 10.1 Å². The minimum Gasteiger partial charge on any atom is -0.369 e. The molecule has 1 aliphatic rings. The number of rotatable bonds is 6. The van der Waals surface area contributed by atoms with Gasteiger partial charge in [-0.3, -0.25) is 14.7 Å². The summed E-state index contributed by atoms with van der Waals surface area (Å²) in [4.78, 5) is 20.9. The van der Waals surface area contributed by atoms with Crippen molar-refractivity contribution in [2.24, 2.45) is 5.92 Å². The van der Waals surface area contributed by atoms with Crippen LogP contribution in [0.3, 0.4) is 0 Å². The van der Waals surface area contributed by atoms with E-state index in [4.69, 9.17) is 0 Å². The van der Waals surface area contributed by atoms with Crippen LogP contribution in [0.25, 0.3) is 0 Å². The van der Waals surface area contributed by atoms with Gasteiger partial charge in [0, 0.05) is 56.7 Å². The van der Waals surface area contributed by atoms with E-state index in [0.717, 1.165) is 37.4 Å². The predicted molar refractivity (Wildman–Crippen MR) is 105 cm³/mol. The van der Waals surface area contributed by atoms with Crippen molar-refractivity contribution in [1.29, 1.82) is 0 Å². The Bertz CT molecular complexity index is 728. The van der Waals surface area contributed by atoms with Crippen LogP contribution in [0.1, 0.15) is 25.5 Å². The average molecular weight is 370 g/mol. The first kappa shape index (κ1) is 19.3. The second-order valence-corrected chi connectivity index (χ2v) is 7.20. The van der Waals surface area contributed by atoms with E-state index in [1.807, 2.05) is 38.2 Å². The number of benzene rings is 1. The minimum atomic E-state index is -0.213. The predicted octanol–water partition coefficient (Wildman–Crippen LogP) is 2.86. The molecule has 0 saturated carbocycles. The van der Waals surface area contributed by atoms with Crippen LogP contribution in [-0.4, -0.2) is 48.5 Å². The van der Waals surface area contributed by atoms with Crippen LogP contribution in [0.5, 0.6) is 0 Å². The molecule has 1 aliphatic heterocycles. The largest absolute Gasteiger partial charge is 0.369 e. The molecule has 1 atom stereocenters. The van der Waals surface area contributed by atoms with Crippen molar-refractivity contribution in [3.8, 4) is 0 Å². The first-order valence-corrected chi connectivity index (χ1v) is 9.47. The van der Waals surface area contributed by atoms with Crippen LogP contribution < -0.4 is 10.2 Å². The number of amides is 1. The SMILES string of the molecule is CC(C)C(=O)NCC(c1cccnc1)N1CCN(c2ccc(F)cc2)CC1. The van der Waals surface area contributed by atoms with E-state index >= 15 is 0 Å². The third kappa shape index (κ3) is 5.04. The molecule has 2 heterocycles. The Kier molecular flexibility index (Phi) is 6.40. The van der Waals surface area contributed by atoms with Gasteiger partial charge in [-0.05, 0) is 35.9 Å². The quantitative estimate of drug-likeness (QED) is 0.850. The van der Waals surface area contributed by atoms with Gasteiger partial charge >= 0.3 is 0 Å². The summed E-state index contributed by atoms with van der Waals surface area (Å²) in [6.45, 7) is 7.83. The summed E-state index contributed by atoms with van der Waals surface area (Å²) in [7, 11) is 0. The maximum absolute atomic E-state index is 13.1. The minimum absolute atomic E-state index is 0.0325. The number of carbonyl (C=O) groups is 1. The number of halogens is 1. The van der Waals surface area contributed by atoms with E-state index in [9.17, 15) is 9.18 Å². The summed E-state index contributed by atoms with van der Waals surface area (Å²) < 4.78 is 13.1. The Morgan fingerprint density at radius 1 is 1.15 bits per heavy atom. The molecule has 1 saturated heterocycles. The molecule has 0 bridgehead atoms. The molecule has 0 radical (unpaired) electrons. The summed E-state index contributed by atoms with van der Waals surface area (Å²) in [6, 6.07) is 10.7. The lowest BCUT2D eigenvalue weighted by molar-refractivity contribution is -0.124. The standard InChI is InChI=1S/C21H27FN4O/c1-16(2)21(27)24-15-20(17-4-3-9-23-14-17)26-12-10-25(11-13-26)19-7-5-18(22)6-8-19/h3-9,14,16,20H,10-13,15H2,1-2H3,(H,24,27). The smallest absolute Gasteiger partial charge is 0.222 e. The lowest BCUT2D eigenvalue weighted by Gasteiger charge is -2.40. The average Bonchev–Trinajstić information content (AvgIpc) is 2.70. The summed E-state index contributed by atoms with van der Waals surface area (Å²) in [6.07, 6.45) is 3.64. The number of anilines is 1. The zero-order chi connectivity index (χ0) is 19.2. The Balaban J connectivity index is 1.66. The molecule has 1 N–H and O–H groups in total. The second kappa shape index (κ2) is 8.95. The van der Waals surface area contributed by atoms with Crippen molar-refractivity contribution in [2.75, 3.05) is 37.6 Å². The van der Waals surface area contributed by atoms with E-state index < -0.39 is 0 Å². The van der Waals surface area contributed by atoms with Gasteiger partial charge in [-0.2, -0.15) is 0 Å². The number of nitrogens with one attached hydrogen (secondary N) is 1. The van der Waals surface area contributed by atoms with Gasteiger partial charge in [0.25, 0.3) is 0 Å². The van der Waals surface area contributed by atoms with Crippen molar-refractivity contribution in [2.45, 2.75) is 19.9 Å². The summed E-state index contributed by atoms with van der Waals surface area (Å²) >= 11 is 0. The van der Waals surface area contributed by atoms with Crippen LogP contribution in [0, 0.1) is 11.7 Å². The molecule has 2 aromatic rings. The first-order valence-electron chi connectivity index (χ1n) is 9.47. The zero-order valence-electron chi connectivity index (χ0n) is 15.9. The molecular formula is C21H27FN4O. The fourth-order valence-electron chi connectivity index (χ4n) is 3.38.